The number of unbranched alkanes of at least 4 members (excludes halogenated alkanes) is 2. The van der Waals surface area contributed by atoms with E-state index in [0.29, 0.717) is 35.5 Å². The second kappa shape index (κ2) is 18.4. The molecule has 1 aliphatic rings. The molecule has 1 heterocycles. The van der Waals surface area contributed by atoms with Crippen LogP contribution >= 0.6 is 11.8 Å². The molecule has 13 nitrogen and oxygen atoms in total. The quantitative estimate of drug-likeness (QED) is 0.0972. The third kappa shape index (κ3) is 10.6. The zero-order valence-corrected chi connectivity index (χ0v) is 31.3. The summed E-state index contributed by atoms with van der Waals surface area (Å²) in [4.78, 5) is 40.1. The summed E-state index contributed by atoms with van der Waals surface area (Å²) in [7, 11) is -4.08. The number of carboxylic acid groups (broad SMARTS) is 1. The SMILES string of the molecule is CCCCC1(CCCC)CN(c2ccccc2)c2cc(SC)c(OCC(=O)N[C@@H](C(=O)NC[C@@H](O)CC(=O)O)c3ccc(O)cc3)cc2S(=O)(=O)N1. The van der Waals surface area contributed by atoms with Gasteiger partial charge in [-0.3, -0.25) is 14.4 Å². The zero-order valence-electron chi connectivity index (χ0n) is 29.6. The first kappa shape index (κ1) is 40.5. The fourth-order valence-corrected chi connectivity index (χ4v) is 8.35. The predicted molar refractivity (Wildman–Crippen MR) is 200 cm³/mol. The molecule has 0 radical (unpaired) electrons. The molecule has 0 unspecified atom stereocenters. The summed E-state index contributed by atoms with van der Waals surface area (Å²) in [5, 5.41) is 33.6. The van der Waals surface area contributed by atoms with Crippen molar-refractivity contribution >= 4 is 50.9 Å². The summed E-state index contributed by atoms with van der Waals surface area (Å²) in [5.41, 5.74) is 0.908. The maximum atomic E-state index is 14.3. The smallest absolute Gasteiger partial charge is 0.306 e. The van der Waals surface area contributed by atoms with Gasteiger partial charge in [0.15, 0.2) is 6.61 Å². The predicted octanol–water partition coefficient (Wildman–Crippen LogP) is 4.85. The summed E-state index contributed by atoms with van der Waals surface area (Å²) in [6.07, 6.45) is 4.70. The Hall–Kier alpha value is -4.31. The van der Waals surface area contributed by atoms with Crippen LogP contribution in [-0.2, 0) is 24.4 Å². The van der Waals surface area contributed by atoms with Gasteiger partial charge in [-0.05, 0) is 55.0 Å². The first-order valence-corrected chi connectivity index (χ1v) is 20.0. The van der Waals surface area contributed by atoms with Gasteiger partial charge in [-0.1, -0.05) is 69.9 Å². The van der Waals surface area contributed by atoms with Crippen LogP contribution in [0.15, 0.2) is 76.5 Å². The van der Waals surface area contributed by atoms with E-state index in [1.54, 1.807) is 6.07 Å². The highest BCUT2D eigenvalue weighted by Gasteiger charge is 2.42. The number of aliphatic hydroxyl groups is 1. The number of carboxylic acids is 1. The van der Waals surface area contributed by atoms with E-state index in [4.69, 9.17) is 9.84 Å². The average Bonchev–Trinajstić information content (AvgIpc) is 3.21. The summed E-state index contributed by atoms with van der Waals surface area (Å²) in [6.45, 7) is 3.63. The van der Waals surface area contributed by atoms with E-state index in [1.165, 1.54) is 42.1 Å². The number of nitrogens with zero attached hydrogens (tertiary/aromatic N) is 1. The van der Waals surface area contributed by atoms with Crippen LogP contribution in [0.4, 0.5) is 11.4 Å². The molecule has 2 amide bonds. The highest BCUT2D eigenvalue weighted by atomic mass is 32.2. The third-order valence-corrected chi connectivity index (χ3v) is 11.2. The molecule has 3 aromatic carbocycles. The number of carbonyl (C=O) groups is 3. The molecule has 6 N–H and O–H groups in total. The van der Waals surface area contributed by atoms with Gasteiger partial charge in [0.1, 0.15) is 22.4 Å². The number of hydrogen-bond donors (Lipinski definition) is 6. The van der Waals surface area contributed by atoms with E-state index in [9.17, 15) is 33.0 Å². The first-order valence-electron chi connectivity index (χ1n) is 17.3. The number of aliphatic hydroxyl groups excluding tert-OH is 1. The number of sulfonamides is 1. The number of aliphatic carboxylic acids is 1. The van der Waals surface area contributed by atoms with Gasteiger partial charge in [-0.15, -0.1) is 11.8 Å². The summed E-state index contributed by atoms with van der Waals surface area (Å²) in [5.74, 6) is -2.59. The lowest BCUT2D eigenvalue weighted by atomic mass is 9.87. The number of phenolic OH excluding ortho intramolecular Hbond substituents is 1. The van der Waals surface area contributed by atoms with Crippen molar-refractivity contribution in [2.45, 2.75) is 86.3 Å². The number of thioether (sulfide) groups is 1. The molecule has 2 atom stereocenters. The Kier molecular flexibility index (Phi) is 14.4. The normalized spacial score (nSPS) is 15.8. The molecule has 0 aromatic heterocycles. The maximum absolute atomic E-state index is 14.3. The molecule has 282 valence electrons. The Bertz CT molecular complexity index is 1780. The molecule has 1 aliphatic heterocycles. The molecule has 3 aromatic rings. The van der Waals surface area contributed by atoms with E-state index < -0.39 is 58.5 Å². The van der Waals surface area contributed by atoms with E-state index in [0.717, 1.165) is 31.4 Å². The van der Waals surface area contributed by atoms with Crippen LogP contribution in [0.25, 0.3) is 0 Å². The van der Waals surface area contributed by atoms with E-state index in [-0.39, 0.29) is 22.9 Å². The van der Waals surface area contributed by atoms with Crippen molar-refractivity contribution in [1.82, 2.24) is 15.4 Å². The minimum absolute atomic E-state index is 0.0145. The van der Waals surface area contributed by atoms with E-state index in [2.05, 4.69) is 29.2 Å². The largest absolute Gasteiger partial charge is 0.508 e. The number of phenols is 1. The first-order chi connectivity index (χ1) is 24.8. The third-order valence-electron chi connectivity index (χ3n) is 8.80. The Labute approximate surface area is 309 Å². The number of rotatable bonds is 18. The monoisotopic (exact) mass is 756 g/mol. The number of para-hydroxylation sites is 1. The Morgan fingerprint density at radius 3 is 2.27 bits per heavy atom. The van der Waals surface area contributed by atoms with Gasteiger partial charge >= 0.3 is 5.97 Å². The van der Waals surface area contributed by atoms with Crippen molar-refractivity contribution in [3.63, 3.8) is 0 Å². The topological polar surface area (TPSA) is 195 Å². The fraction of sp³-hybridized carbons (Fsp3) is 0.432. The highest BCUT2D eigenvalue weighted by molar-refractivity contribution is 7.98. The van der Waals surface area contributed by atoms with Crippen LogP contribution < -0.4 is 25.0 Å². The minimum Gasteiger partial charge on any atom is -0.508 e. The van der Waals surface area contributed by atoms with Crippen molar-refractivity contribution in [2.75, 3.05) is 30.9 Å². The maximum Gasteiger partial charge on any atom is 0.306 e. The molecule has 4 rings (SSSR count). The number of nitrogens with one attached hydrogen (secondary N) is 3. The van der Waals surface area contributed by atoms with Gasteiger partial charge in [-0.2, -0.15) is 0 Å². The van der Waals surface area contributed by atoms with Gasteiger partial charge in [-0.25, -0.2) is 13.1 Å². The van der Waals surface area contributed by atoms with Crippen molar-refractivity contribution in [1.29, 1.82) is 0 Å². The molecule has 0 saturated heterocycles. The molecule has 0 bridgehead atoms. The van der Waals surface area contributed by atoms with Gasteiger partial charge in [0.2, 0.25) is 15.9 Å². The molecular formula is C37H48N4O9S2. The second-order valence-electron chi connectivity index (χ2n) is 12.9. The summed E-state index contributed by atoms with van der Waals surface area (Å²) >= 11 is 1.33. The molecule has 0 fully saturated rings. The van der Waals surface area contributed by atoms with Crippen molar-refractivity contribution in [3.8, 4) is 11.5 Å². The average molecular weight is 757 g/mol. The number of aromatic hydroxyl groups is 1. The number of amides is 2. The lowest BCUT2D eigenvalue weighted by Crippen LogP contribution is -2.53. The summed E-state index contributed by atoms with van der Waals surface area (Å²) in [6, 6.07) is 17.1. The lowest BCUT2D eigenvalue weighted by Gasteiger charge is -2.37. The molecule has 15 heteroatoms. The van der Waals surface area contributed by atoms with Crippen molar-refractivity contribution in [3.05, 3.63) is 72.3 Å². The fourth-order valence-electron chi connectivity index (χ4n) is 6.15. The van der Waals surface area contributed by atoms with Crippen molar-refractivity contribution < 1.29 is 42.9 Å². The van der Waals surface area contributed by atoms with Gasteiger partial charge in [0.05, 0.1) is 28.6 Å². The number of benzene rings is 3. The van der Waals surface area contributed by atoms with Gasteiger partial charge in [0.25, 0.3) is 5.91 Å². The Morgan fingerprint density at radius 2 is 1.67 bits per heavy atom. The van der Waals surface area contributed by atoms with Crippen LogP contribution in [-0.4, -0.2) is 79.1 Å². The second-order valence-corrected chi connectivity index (χ2v) is 15.4. The zero-order chi connectivity index (χ0) is 37.9. The van der Waals surface area contributed by atoms with Gasteiger partial charge < -0.3 is 35.6 Å². The van der Waals surface area contributed by atoms with E-state index >= 15 is 0 Å². The Morgan fingerprint density at radius 1 is 1.02 bits per heavy atom. The molecule has 0 aliphatic carbocycles. The minimum atomic E-state index is -4.08. The Balaban J connectivity index is 1.65. The molecule has 0 saturated carbocycles. The molecule has 52 heavy (non-hydrogen) atoms. The summed E-state index contributed by atoms with van der Waals surface area (Å²) < 4.78 is 37.6. The van der Waals surface area contributed by atoms with Crippen LogP contribution in [0, 0.1) is 0 Å². The van der Waals surface area contributed by atoms with E-state index in [1.807, 2.05) is 41.5 Å². The number of carbonyl (C=O) groups excluding carboxylic acids is 2. The van der Waals surface area contributed by atoms with Crippen LogP contribution in [0.2, 0.25) is 0 Å². The van der Waals surface area contributed by atoms with Crippen LogP contribution in [0.5, 0.6) is 11.5 Å². The number of ether oxygens (including phenoxy) is 1. The standard InChI is InChI=1S/C37H48N4O9S2/c1-4-6-17-37(18-7-5-2)24-41(26-11-9-8-10-12-26)29-20-31(51-3)30(21-32(29)52(48,49)40-37)50-23-33(44)39-35(25-13-15-27(42)16-14-25)36(47)38-22-28(43)19-34(45)46/h8-16,20-21,28,35,40,42-43H,4-7,17-19,22-24H2,1-3H3,(H,38,47)(H,39,44)(H,45,46)/t28-,35+/m0/s1. The molecular weight excluding hydrogens is 709 g/mol. The number of hydrogen-bond acceptors (Lipinski definition) is 10. The highest BCUT2D eigenvalue weighted by Crippen LogP contribution is 2.44. The van der Waals surface area contributed by atoms with Crippen molar-refractivity contribution in [2.24, 2.45) is 0 Å². The van der Waals surface area contributed by atoms with Crippen LogP contribution in [0.1, 0.15) is 70.4 Å². The number of anilines is 2. The van der Waals surface area contributed by atoms with Gasteiger partial charge in [0, 0.05) is 24.8 Å². The van der Waals surface area contributed by atoms with Crippen LogP contribution in [0.3, 0.4) is 0 Å². The lowest BCUT2D eigenvalue weighted by molar-refractivity contribution is -0.139. The molecule has 0 spiro atoms. The number of fused-ring (bicyclic) bond motifs is 1.